The summed E-state index contributed by atoms with van der Waals surface area (Å²) in [5.41, 5.74) is 6.22. The second-order valence-electron chi connectivity index (χ2n) is 4.99. The molecule has 0 radical (unpaired) electrons. The molecule has 6 heteroatoms. The average Bonchev–Trinajstić information content (AvgIpc) is 2.49. The van der Waals surface area contributed by atoms with Crippen molar-refractivity contribution in [3.05, 3.63) is 36.8 Å². The van der Waals surface area contributed by atoms with Crippen LogP contribution in [0.25, 0.3) is 0 Å². The summed E-state index contributed by atoms with van der Waals surface area (Å²) in [6.07, 6.45) is 5.13. The van der Waals surface area contributed by atoms with Crippen LogP contribution in [-0.2, 0) is 0 Å². The van der Waals surface area contributed by atoms with Gasteiger partial charge in [-0.1, -0.05) is 6.07 Å². The van der Waals surface area contributed by atoms with Crippen molar-refractivity contribution in [2.75, 3.05) is 35.2 Å². The molecule has 0 amide bonds. The van der Waals surface area contributed by atoms with E-state index in [0.29, 0.717) is 11.7 Å². The lowest BCUT2D eigenvalue weighted by Crippen LogP contribution is -2.53. The third-order valence-corrected chi connectivity index (χ3v) is 3.52. The molecule has 3 heterocycles. The van der Waals surface area contributed by atoms with Gasteiger partial charge >= 0.3 is 0 Å². The SMILES string of the molecule is C[C@@H]1CN(c2ccccn2)CCN1c1ncc(N)cn1. The molecule has 0 bridgehead atoms. The number of aromatic nitrogens is 3. The molecule has 1 aliphatic rings. The molecule has 2 aromatic heterocycles. The fraction of sp³-hybridized carbons (Fsp3) is 0.357. The van der Waals surface area contributed by atoms with E-state index in [1.54, 1.807) is 12.4 Å². The number of anilines is 3. The Labute approximate surface area is 118 Å². The molecule has 1 aliphatic heterocycles. The first-order chi connectivity index (χ1) is 9.74. The van der Waals surface area contributed by atoms with Gasteiger partial charge in [-0.25, -0.2) is 15.0 Å². The molecule has 104 valence electrons. The molecule has 0 aliphatic carbocycles. The standard InChI is InChI=1S/C14H18N6/c1-11-10-19(13-4-2-3-5-16-13)6-7-20(11)14-17-8-12(15)9-18-14/h2-5,8-9,11H,6-7,10,15H2,1H3/t11-/m1/s1. The quantitative estimate of drug-likeness (QED) is 0.883. The molecule has 2 aromatic rings. The van der Waals surface area contributed by atoms with Crippen LogP contribution in [0.15, 0.2) is 36.8 Å². The van der Waals surface area contributed by atoms with Gasteiger partial charge in [-0.15, -0.1) is 0 Å². The first-order valence-corrected chi connectivity index (χ1v) is 6.74. The van der Waals surface area contributed by atoms with Crippen molar-refractivity contribution in [1.82, 2.24) is 15.0 Å². The maximum Gasteiger partial charge on any atom is 0.225 e. The molecule has 0 spiro atoms. The Morgan fingerprint density at radius 1 is 1.15 bits per heavy atom. The minimum Gasteiger partial charge on any atom is -0.396 e. The third kappa shape index (κ3) is 2.49. The first-order valence-electron chi connectivity index (χ1n) is 6.74. The summed E-state index contributed by atoms with van der Waals surface area (Å²) in [6, 6.07) is 6.32. The summed E-state index contributed by atoms with van der Waals surface area (Å²) in [5.74, 6) is 1.77. The van der Waals surface area contributed by atoms with Crippen molar-refractivity contribution in [3.63, 3.8) is 0 Å². The zero-order chi connectivity index (χ0) is 13.9. The van der Waals surface area contributed by atoms with Gasteiger partial charge in [-0.05, 0) is 19.1 Å². The second kappa shape index (κ2) is 5.32. The number of nitrogens with two attached hydrogens (primary N) is 1. The van der Waals surface area contributed by atoms with E-state index in [9.17, 15) is 0 Å². The monoisotopic (exact) mass is 270 g/mol. The van der Waals surface area contributed by atoms with E-state index in [-0.39, 0.29) is 0 Å². The van der Waals surface area contributed by atoms with Crippen molar-refractivity contribution in [2.24, 2.45) is 0 Å². The van der Waals surface area contributed by atoms with Gasteiger partial charge in [0.2, 0.25) is 5.95 Å². The zero-order valence-corrected chi connectivity index (χ0v) is 11.5. The average molecular weight is 270 g/mol. The van der Waals surface area contributed by atoms with Gasteiger partial charge in [0.05, 0.1) is 18.1 Å². The van der Waals surface area contributed by atoms with Gasteiger partial charge in [0.1, 0.15) is 5.82 Å². The smallest absolute Gasteiger partial charge is 0.225 e. The van der Waals surface area contributed by atoms with E-state index >= 15 is 0 Å². The fourth-order valence-electron chi connectivity index (χ4n) is 2.48. The van der Waals surface area contributed by atoms with Gasteiger partial charge in [0.25, 0.3) is 0 Å². The minimum atomic E-state index is 0.328. The van der Waals surface area contributed by atoms with Crippen molar-refractivity contribution >= 4 is 17.5 Å². The number of nitrogen functional groups attached to an aromatic ring is 1. The van der Waals surface area contributed by atoms with Crippen LogP contribution in [0.1, 0.15) is 6.92 Å². The van der Waals surface area contributed by atoms with Crippen LogP contribution in [0.2, 0.25) is 0 Å². The van der Waals surface area contributed by atoms with Gasteiger partial charge in [-0.3, -0.25) is 0 Å². The van der Waals surface area contributed by atoms with Crippen LogP contribution in [0.3, 0.4) is 0 Å². The van der Waals surface area contributed by atoms with E-state index in [4.69, 9.17) is 5.73 Å². The summed E-state index contributed by atoms with van der Waals surface area (Å²) in [6.45, 7) is 4.87. The first kappa shape index (κ1) is 12.7. The molecule has 1 atom stereocenters. The van der Waals surface area contributed by atoms with Gasteiger partial charge in [0, 0.05) is 31.9 Å². The summed E-state index contributed by atoms with van der Waals surface area (Å²) in [4.78, 5) is 17.5. The zero-order valence-electron chi connectivity index (χ0n) is 11.5. The van der Waals surface area contributed by atoms with E-state index < -0.39 is 0 Å². The molecule has 0 aromatic carbocycles. The van der Waals surface area contributed by atoms with Gasteiger partial charge in [0.15, 0.2) is 0 Å². The molecule has 0 saturated carbocycles. The highest BCUT2D eigenvalue weighted by molar-refractivity contribution is 5.44. The molecule has 3 rings (SSSR count). The highest BCUT2D eigenvalue weighted by Crippen LogP contribution is 2.20. The van der Waals surface area contributed by atoms with Crippen LogP contribution in [-0.4, -0.2) is 40.6 Å². The Kier molecular flexibility index (Phi) is 3.37. The molecule has 1 saturated heterocycles. The Balaban J connectivity index is 1.72. The fourth-order valence-corrected chi connectivity index (χ4v) is 2.48. The molecular weight excluding hydrogens is 252 g/mol. The number of rotatable bonds is 2. The molecule has 2 N–H and O–H groups in total. The van der Waals surface area contributed by atoms with Crippen molar-refractivity contribution in [3.8, 4) is 0 Å². The van der Waals surface area contributed by atoms with Crippen LogP contribution in [0.5, 0.6) is 0 Å². The largest absolute Gasteiger partial charge is 0.396 e. The van der Waals surface area contributed by atoms with E-state index in [0.717, 1.165) is 31.4 Å². The Morgan fingerprint density at radius 3 is 2.60 bits per heavy atom. The summed E-state index contributed by atoms with van der Waals surface area (Å²) >= 11 is 0. The lowest BCUT2D eigenvalue weighted by atomic mass is 10.2. The Hall–Kier alpha value is -2.37. The lowest BCUT2D eigenvalue weighted by molar-refractivity contribution is 0.537. The Morgan fingerprint density at radius 2 is 1.95 bits per heavy atom. The molecule has 6 nitrogen and oxygen atoms in total. The van der Waals surface area contributed by atoms with Crippen LogP contribution in [0.4, 0.5) is 17.5 Å². The van der Waals surface area contributed by atoms with Gasteiger partial charge in [-0.2, -0.15) is 0 Å². The second-order valence-corrected chi connectivity index (χ2v) is 4.99. The normalized spacial score (nSPS) is 19.1. The molecule has 1 fully saturated rings. The van der Waals surface area contributed by atoms with E-state index in [1.807, 2.05) is 24.4 Å². The van der Waals surface area contributed by atoms with E-state index in [1.165, 1.54) is 0 Å². The number of pyridine rings is 1. The van der Waals surface area contributed by atoms with Crippen molar-refractivity contribution < 1.29 is 0 Å². The topological polar surface area (TPSA) is 71.2 Å². The van der Waals surface area contributed by atoms with Crippen LogP contribution in [0, 0.1) is 0 Å². The minimum absolute atomic E-state index is 0.328. The number of nitrogens with zero attached hydrogens (tertiary/aromatic N) is 5. The summed E-state index contributed by atoms with van der Waals surface area (Å²) < 4.78 is 0. The highest BCUT2D eigenvalue weighted by atomic mass is 15.3. The maximum absolute atomic E-state index is 5.63. The van der Waals surface area contributed by atoms with Gasteiger partial charge < -0.3 is 15.5 Å². The predicted octanol–water partition coefficient (Wildman–Crippen LogP) is 1.17. The number of hydrogen-bond donors (Lipinski definition) is 1. The van der Waals surface area contributed by atoms with Crippen molar-refractivity contribution in [2.45, 2.75) is 13.0 Å². The van der Waals surface area contributed by atoms with Crippen LogP contribution < -0.4 is 15.5 Å². The molecular formula is C14H18N6. The van der Waals surface area contributed by atoms with Crippen molar-refractivity contribution in [1.29, 1.82) is 0 Å². The maximum atomic E-state index is 5.63. The van der Waals surface area contributed by atoms with Crippen LogP contribution >= 0.6 is 0 Å². The highest BCUT2D eigenvalue weighted by Gasteiger charge is 2.25. The Bertz CT molecular complexity index is 556. The number of hydrogen-bond acceptors (Lipinski definition) is 6. The summed E-state index contributed by atoms with van der Waals surface area (Å²) in [5, 5.41) is 0. The molecule has 0 unspecified atom stereocenters. The van der Waals surface area contributed by atoms with E-state index in [2.05, 4.69) is 31.7 Å². The predicted molar refractivity (Wildman–Crippen MR) is 79.7 cm³/mol. The molecule has 20 heavy (non-hydrogen) atoms. The summed E-state index contributed by atoms with van der Waals surface area (Å²) in [7, 11) is 0. The third-order valence-electron chi connectivity index (χ3n) is 3.52. The number of piperazine rings is 1. The lowest BCUT2D eigenvalue weighted by Gasteiger charge is -2.40.